The molecule has 2 aromatic rings. The molecule has 2 N–H and O–H groups in total. The standard InChI is InChI=1S/C11H11NS2/c12-11-4-2-1-3-9(11)7-14-10-5-6-13-8-10/h1-6,8H,7,12H2. The largest absolute Gasteiger partial charge is 0.398 e. The molecule has 1 heterocycles. The normalized spacial score (nSPS) is 10.3. The highest BCUT2D eigenvalue weighted by atomic mass is 32.2. The van der Waals surface area contributed by atoms with E-state index in [4.69, 9.17) is 5.73 Å². The van der Waals surface area contributed by atoms with Crippen molar-refractivity contribution in [2.45, 2.75) is 10.6 Å². The Balaban J connectivity index is 2.02. The van der Waals surface area contributed by atoms with Crippen molar-refractivity contribution in [2.75, 3.05) is 5.73 Å². The van der Waals surface area contributed by atoms with Gasteiger partial charge >= 0.3 is 0 Å². The fraction of sp³-hybridized carbons (Fsp3) is 0.0909. The third kappa shape index (κ3) is 2.30. The van der Waals surface area contributed by atoms with Crippen molar-refractivity contribution in [1.29, 1.82) is 0 Å². The van der Waals surface area contributed by atoms with Gasteiger partial charge in [0.2, 0.25) is 0 Å². The summed E-state index contributed by atoms with van der Waals surface area (Å²) in [6.07, 6.45) is 0. The van der Waals surface area contributed by atoms with Gasteiger partial charge in [0, 0.05) is 21.7 Å². The van der Waals surface area contributed by atoms with E-state index in [1.165, 1.54) is 10.5 Å². The van der Waals surface area contributed by atoms with E-state index in [1.54, 1.807) is 11.3 Å². The summed E-state index contributed by atoms with van der Waals surface area (Å²) in [4.78, 5) is 1.32. The number of benzene rings is 1. The van der Waals surface area contributed by atoms with Gasteiger partial charge in [0.1, 0.15) is 0 Å². The van der Waals surface area contributed by atoms with E-state index in [-0.39, 0.29) is 0 Å². The molecule has 0 radical (unpaired) electrons. The van der Waals surface area contributed by atoms with Crippen LogP contribution in [0.25, 0.3) is 0 Å². The number of anilines is 1. The molecule has 72 valence electrons. The molecule has 0 spiro atoms. The monoisotopic (exact) mass is 221 g/mol. The van der Waals surface area contributed by atoms with Crippen LogP contribution in [0.1, 0.15) is 5.56 Å². The summed E-state index contributed by atoms with van der Waals surface area (Å²) in [5.74, 6) is 0.948. The number of hydrogen-bond acceptors (Lipinski definition) is 3. The van der Waals surface area contributed by atoms with Crippen LogP contribution in [-0.2, 0) is 5.75 Å². The third-order valence-electron chi connectivity index (χ3n) is 1.94. The first kappa shape index (κ1) is 9.62. The number of thioether (sulfide) groups is 1. The Morgan fingerprint density at radius 3 is 2.79 bits per heavy atom. The molecule has 1 aromatic heterocycles. The van der Waals surface area contributed by atoms with Crippen LogP contribution in [0.15, 0.2) is 46.0 Å². The minimum Gasteiger partial charge on any atom is -0.398 e. The molecule has 0 bridgehead atoms. The van der Waals surface area contributed by atoms with Gasteiger partial charge in [0.05, 0.1) is 0 Å². The number of thiophene rings is 1. The zero-order chi connectivity index (χ0) is 9.80. The van der Waals surface area contributed by atoms with Crippen LogP contribution in [0.5, 0.6) is 0 Å². The van der Waals surface area contributed by atoms with Gasteiger partial charge < -0.3 is 5.73 Å². The predicted octanol–water partition coefficient (Wildman–Crippen LogP) is 3.62. The number of nitrogen functional groups attached to an aromatic ring is 1. The van der Waals surface area contributed by atoms with E-state index < -0.39 is 0 Å². The van der Waals surface area contributed by atoms with Gasteiger partial charge in [-0.15, -0.1) is 11.8 Å². The number of hydrogen-bond donors (Lipinski definition) is 1. The first-order chi connectivity index (χ1) is 6.86. The molecule has 2 rings (SSSR count). The summed E-state index contributed by atoms with van der Waals surface area (Å²) in [7, 11) is 0. The number of rotatable bonds is 3. The molecule has 0 atom stereocenters. The summed E-state index contributed by atoms with van der Waals surface area (Å²) in [5.41, 5.74) is 7.95. The van der Waals surface area contributed by atoms with Gasteiger partial charge in [-0.1, -0.05) is 18.2 Å². The molecule has 0 fully saturated rings. The lowest BCUT2D eigenvalue weighted by Crippen LogP contribution is -1.90. The molecule has 0 aliphatic heterocycles. The van der Waals surface area contributed by atoms with E-state index in [0.29, 0.717) is 0 Å². The van der Waals surface area contributed by atoms with Gasteiger partial charge in [-0.25, -0.2) is 0 Å². The number of nitrogens with two attached hydrogens (primary N) is 1. The highest BCUT2D eigenvalue weighted by molar-refractivity contribution is 7.98. The molecule has 1 aromatic carbocycles. The minimum absolute atomic E-state index is 0.884. The van der Waals surface area contributed by atoms with Crippen molar-refractivity contribution in [3.63, 3.8) is 0 Å². The lowest BCUT2D eigenvalue weighted by Gasteiger charge is -2.03. The van der Waals surface area contributed by atoms with Crippen LogP contribution in [0.3, 0.4) is 0 Å². The lowest BCUT2D eigenvalue weighted by atomic mass is 10.2. The van der Waals surface area contributed by atoms with E-state index in [9.17, 15) is 0 Å². The molecular formula is C11H11NS2. The number of para-hydroxylation sites is 1. The Morgan fingerprint density at radius 1 is 1.21 bits per heavy atom. The highest BCUT2D eigenvalue weighted by Crippen LogP contribution is 2.26. The van der Waals surface area contributed by atoms with Crippen molar-refractivity contribution in [3.05, 3.63) is 46.7 Å². The Hall–Kier alpha value is -0.930. The lowest BCUT2D eigenvalue weighted by molar-refractivity contribution is 1.40. The Morgan fingerprint density at radius 2 is 2.07 bits per heavy atom. The van der Waals surface area contributed by atoms with Crippen LogP contribution in [0, 0.1) is 0 Å². The molecular weight excluding hydrogens is 210 g/mol. The van der Waals surface area contributed by atoms with E-state index in [1.807, 2.05) is 30.0 Å². The quantitative estimate of drug-likeness (QED) is 0.633. The molecule has 0 unspecified atom stereocenters. The Kier molecular flexibility index (Phi) is 3.11. The summed E-state index contributed by atoms with van der Waals surface area (Å²) in [6, 6.07) is 10.2. The highest BCUT2D eigenvalue weighted by Gasteiger charge is 1.99. The van der Waals surface area contributed by atoms with Crippen LogP contribution >= 0.6 is 23.1 Å². The van der Waals surface area contributed by atoms with Crippen molar-refractivity contribution >= 4 is 28.8 Å². The molecule has 0 aliphatic rings. The van der Waals surface area contributed by atoms with Crippen LogP contribution in [0.4, 0.5) is 5.69 Å². The Labute approximate surface area is 92.0 Å². The summed E-state index contributed by atoms with van der Waals surface area (Å²) < 4.78 is 0. The molecule has 0 saturated heterocycles. The van der Waals surface area contributed by atoms with Gasteiger partial charge in [-0.3, -0.25) is 0 Å². The average molecular weight is 221 g/mol. The molecule has 0 saturated carbocycles. The van der Waals surface area contributed by atoms with Gasteiger partial charge in [0.25, 0.3) is 0 Å². The Bertz CT molecular complexity index is 395. The van der Waals surface area contributed by atoms with Gasteiger partial charge in [-0.05, 0) is 23.1 Å². The second-order valence-corrected chi connectivity index (χ2v) is 4.78. The van der Waals surface area contributed by atoms with Crippen LogP contribution in [0.2, 0.25) is 0 Å². The van der Waals surface area contributed by atoms with Crippen molar-refractivity contribution in [1.82, 2.24) is 0 Å². The van der Waals surface area contributed by atoms with E-state index >= 15 is 0 Å². The first-order valence-corrected chi connectivity index (χ1v) is 6.27. The summed E-state index contributed by atoms with van der Waals surface area (Å²) in [5, 5.41) is 4.25. The maximum Gasteiger partial charge on any atom is 0.0355 e. The second kappa shape index (κ2) is 4.53. The molecule has 14 heavy (non-hydrogen) atoms. The van der Waals surface area contributed by atoms with Crippen LogP contribution in [-0.4, -0.2) is 0 Å². The van der Waals surface area contributed by atoms with Crippen molar-refractivity contribution in [3.8, 4) is 0 Å². The first-order valence-electron chi connectivity index (χ1n) is 4.34. The van der Waals surface area contributed by atoms with Gasteiger partial charge in [0.15, 0.2) is 0 Å². The van der Waals surface area contributed by atoms with Crippen molar-refractivity contribution in [2.24, 2.45) is 0 Å². The smallest absolute Gasteiger partial charge is 0.0355 e. The maximum absolute atomic E-state index is 5.85. The molecule has 0 aliphatic carbocycles. The third-order valence-corrected chi connectivity index (χ3v) is 3.82. The minimum atomic E-state index is 0.884. The SMILES string of the molecule is Nc1ccccc1CSc1ccsc1. The molecule has 1 nitrogen and oxygen atoms in total. The predicted molar refractivity (Wildman–Crippen MR) is 64.7 cm³/mol. The van der Waals surface area contributed by atoms with Crippen LogP contribution < -0.4 is 5.73 Å². The average Bonchev–Trinajstić information content (AvgIpc) is 2.69. The summed E-state index contributed by atoms with van der Waals surface area (Å²) in [6.45, 7) is 0. The molecule has 3 heteroatoms. The van der Waals surface area contributed by atoms with E-state index in [2.05, 4.69) is 22.9 Å². The zero-order valence-electron chi connectivity index (χ0n) is 7.64. The maximum atomic E-state index is 5.85. The zero-order valence-corrected chi connectivity index (χ0v) is 9.28. The van der Waals surface area contributed by atoms with Crippen molar-refractivity contribution < 1.29 is 0 Å². The van der Waals surface area contributed by atoms with Gasteiger partial charge in [-0.2, -0.15) is 11.3 Å². The fourth-order valence-corrected chi connectivity index (χ4v) is 2.95. The topological polar surface area (TPSA) is 26.0 Å². The fourth-order valence-electron chi connectivity index (χ4n) is 1.16. The van der Waals surface area contributed by atoms with E-state index in [0.717, 1.165) is 11.4 Å². The second-order valence-electron chi connectivity index (χ2n) is 2.95. The summed E-state index contributed by atoms with van der Waals surface area (Å²) >= 11 is 3.55. The molecule has 0 amide bonds.